The van der Waals surface area contributed by atoms with Gasteiger partial charge < -0.3 is 4.74 Å². The number of fused-ring (bicyclic) bond motifs is 1. The minimum absolute atomic E-state index is 0.112. The van der Waals surface area contributed by atoms with Crippen LogP contribution in [0.15, 0.2) is 24.5 Å². The van der Waals surface area contributed by atoms with E-state index in [1.165, 1.54) is 5.56 Å². The van der Waals surface area contributed by atoms with Crippen LogP contribution in [0.3, 0.4) is 0 Å². The lowest BCUT2D eigenvalue weighted by Crippen LogP contribution is -2.47. The molecule has 0 unspecified atom stereocenters. The smallest absolute Gasteiger partial charge is 0.256 e. The molecule has 0 bridgehead atoms. The molecule has 0 aromatic carbocycles. The number of hydrogen-bond acceptors (Lipinski definition) is 5. The van der Waals surface area contributed by atoms with E-state index >= 15 is 0 Å². The minimum atomic E-state index is -0.424. The van der Waals surface area contributed by atoms with Gasteiger partial charge in [-0.2, -0.15) is 0 Å². The molecule has 118 valence electrons. The molecular weight excluding hydrogens is 282 g/mol. The number of pyridine rings is 1. The van der Waals surface area contributed by atoms with E-state index in [9.17, 15) is 4.79 Å². The summed E-state index contributed by atoms with van der Waals surface area (Å²) < 4.78 is 5.65. The van der Waals surface area contributed by atoms with Crippen molar-refractivity contribution < 1.29 is 14.4 Å². The van der Waals surface area contributed by atoms with Gasteiger partial charge in [0.2, 0.25) is 0 Å². The van der Waals surface area contributed by atoms with Crippen LogP contribution in [0.5, 0.6) is 0 Å². The predicted molar refractivity (Wildman–Crippen MR) is 78.5 cm³/mol. The number of aromatic nitrogens is 1. The van der Waals surface area contributed by atoms with E-state index in [0.29, 0.717) is 26.4 Å². The number of rotatable bonds is 3. The number of carbonyl (C=O) groups excluding carboxylic acids is 1. The van der Waals surface area contributed by atoms with Crippen LogP contribution >= 0.6 is 0 Å². The Bertz CT molecular complexity index is 547. The Morgan fingerprint density at radius 2 is 2.45 bits per heavy atom. The van der Waals surface area contributed by atoms with Crippen molar-refractivity contribution in [1.29, 1.82) is 0 Å². The van der Waals surface area contributed by atoms with Crippen LogP contribution in [0.25, 0.3) is 0 Å². The third-order valence-electron chi connectivity index (χ3n) is 4.98. The van der Waals surface area contributed by atoms with Crippen molar-refractivity contribution in [2.24, 2.45) is 11.3 Å². The fraction of sp³-hybridized carbons (Fsp3) is 0.625. The zero-order valence-corrected chi connectivity index (χ0v) is 12.6. The van der Waals surface area contributed by atoms with Gasteiger partial charge in [-0.1, -0.05) is 6.07 Å². The van der Waals surface area contributed by atoms with Gasteiger partial charge in [0.15, 0.2) is 0 Å². The van der Waals surface area contributed by atoms with Crippen LogP contribution < -0.4 is 0 Å². The van der Waals surface area contributed by atoms with Crippen molar-refractivity contribution in [2.75, 3.05) is 39.5 Å². The van der Waals surface area contributed by atoms with Crippen molar-refractivity contribution >= 4 is 5.91 Å². The molecule has 0 aliphatic carbocycles. The van der Waals surface area contributed by atoms with Crippen LogP contribution in [0.4, 0.5) is 0 Å². The first-order valence-corrected chi connectivity index (χ1v) is 7.92. The number of nitrogens with zero attached hydrogens (tertiary/aromatic N) is 3. The minimum Gasteiger partial charge on any atom is -0.380 e. The summed E-state index contributed by atoms with van der Waals surface area (Å²) in [5.41, 5.74) is 0.760. The van der Waals surface area contributed by atoms with E-state index in [0.717, 1.165) is 26.1 Å². The first-order chi connectivity index (χ1) is 10.8. The number of carbonyl (C=O) groups is 1. The normalized spacial score (nSPS) is 31.6. The monoisotopic (exact) mass is 303 g/mol. The van der Waals surface area contributed by atoms with Gasteiger partial charge in [0.25, 0.3) is 5.91 Å². The molecule has 0 N–H and O–H groups in total. The molecule has 1 aromatic rings. The zero-order valence-electron chi connectivity index (χ0n) is 12.6. The molecule has 0 saturated carbocycles. The number of likely N-dealkylation sites (tertiary alicyclic amines) is 1. The summed E-state index contributed by atoms with van der Waals surface area (Å²) >= 11 is 0. The average Bonchev–Trinajstić information content (AvgIpc) is 3.23. The molecule has 1 amide bonds. The van der Waals surface area contributed by atoms with Crippen LogP contribution in [0.2, 0.25) is 0 Å². The Morgan fingerprint density at radius 3 is 3.23 bits per heavy atom. The maximum absolute atomic E-state index is 12.9. The van der Waals surface area contributed by atoms with E-state index in [4.69, 9.17) is 9.57 Å². The second-order valence-electron chi connectivity index (χ2n) is 6.49. The molecule has 6 heteroatoms. The van der Waals surface area contributed by atoms with E-state index in [1.807, 2.05) is 12.3 Å². The van der Waals surface area contributed by atoms with Gasteiger partial charge in [0, 0.05) is 37.9 Å². The van der Waals surface area contributed by atoms with E-state index < -0.39 is 5.41 Å². The van der Waals surface area contributed by atoms with Gasteiger partial charge in [-0.25, -0.2) is 5.06 Å². The second kappa shape index (κ2) is 5.61. The maximum Gasteiger partial charge on any atom is 0.256 e. The summed E-state index contributed by atoms with van der Waals surface area (Å²) in [4.78, 5) is 24.9. The summed E-state index contributed by atoms with van der Waals surface area (Å²) in [6.07, 6.45) is 4.60. The Labute approximate surface area is 130 Å². The molecule has 4 heterocycles. The Kier molecular flexibility index (Phi) is 3.60. The van der Waals surface area contributed by atoms with Crippen molar-refractivity contribution in [3.8, 4) is 0 Å². The Hall–Kier alpha value is -1.50. The first kappa shape index (κ1) is 14.1. The lowest BCUT2D eigenvalue weighted by atomic mass is 9.80. The highest BCUT2D eigenvalue weighted by molar-refractivity contribution is 5.83. The molecule has 6 nitrogen and oxygen atoms in total. The Balaban J connectivity index is 1.50. The summed E-state index contributed by atoms with van der Waals surface area (Å²) in [5.74, 6) is 0.377. The fourth-order valence-corrected chi connectivity index (χ4v) is 3.87. The average molecular weight is 303 g/mol. The van der Waals surface area contributed by atoms with Crippen molar-refractivity contribution in [2.45, 2.75) is 13.0 Å². The summed E-state index contributed by atoms with van der Waals surface area (Å²) in [6, 6.07) is 4.03. The summed E-state index contributed by atoms with van der Waals surface area (Å²) in [7, 11) is 0. The van der Waals surface area contributed by atoms with E-state index in [1.54, 1.807) is 11.3 Å². The first-order valence-electron chi connectivity index (χ1n) is 7.92. The number of hydrogen-bond donors (Lipinski definition) is 0. The van der Waals surface area contributed by atoms with E-state index in [-0.39, 0.29) is 11.8 Å². The standard InChI is InChI=1S/C16H21N3O3/c20-15(19-5-2-6-22-19)16-11-18(9-14(16)10-21-12-16)8-13-3-1-4-17-7-13/h1,3-4,7,14H,2,5-6,8-12H2/t14-,16-/m0/s1. The molecule has 4 rings (SSSR count). The van der Waals surface area contributed by atoms with Gasteiger partial charge in [-0.3, -0.25) is 19.5 Å². The molecule has 1 aromatic heterocycles. The molecule has 3 saturated heterocycles. The molecule has 2 atom stereocenters. The van der Waals surface area contributed by atoms with Crippen LogP contribution in [-0.4, -0.2) is 60.3 Å². The highest BCUT2D eigenvalue weighted by Gasteiger charge is 2.57. The summed E-state index contributed by atoms with van der Waals surface area (Å²) in [5, 5.41) is 1.56. The fourth-order valence-electron chi connectivity index (χ4n) is 3.87. The highest BCUT2D eigenvalue weighted by Crippen LogP contribution is 2.43. The lowest BCUT2D eigenvalue weighted by Gasteiger charge is -2.29. The van der Waals surface area contributed by atoms with Gasteiger partial charge in [0.1, 0.15) is 0 Å². The number of ether oxygens (including phenoxy) is 1. The van der Waals surface area contributed by atoms with Crippen LogP contribution in [0, 0.1) is 11.3 Å². The molecule has 3 fully saturated rings. The highest BCUT2D eigenvalue weighted by atomic mass is 16.7. The molecule has 3 aliphatic heterocycles. The topological polar surface area (TPSA) is 54.9 Å². The van der Waals surface area contributed by atoms with Crippen LogP contribution in [0.1, 0.15) is 12.0 Å². The molecule has 3 aliphatic rings. The Morgan fingerprint density at radius 1 is 1.50 bits per heavy atom. The molecule has 22 heavy (non-hydrogen) atoms. The maximum atomic E-state index is 12.9. The molecule has 0 radical (unpaired) electrons. The number of hydroxylamine groups is 2. The molecular formula is C16H21N3O3. The van der Waals surface area contributed by atoms with Crippen molar-refractivity contribution in [1.82, 2.24) is 14.9 Å². The van der Waals surface area contributed by atoms with Gasteiger partial charge in [-0.15, -0.1) is 0 Å². The van der Waals surface area contributed by atoms with Crippen molar-refractivity contribution in [3.63, 3.8) is 0 Å². The van der Waals surface area contributed by atoms with Crippen LogP contribution in [-0.2, 0) is 20.9 Å². The second-order valence-corrected chi connectivity index (χ2v) is 6.49. The lowest BCUT2D eigenvalue weighted by molar-refractivity contribution is -0.181. The molecule has 0 spiro atoms. The van der Waals surface area contributed by atoms with Crippen molar-refractivity contribution in [3.05, 3.63) is 30.1 Å². The SMILES string of the molecule is O=C(N1CCCO1)[C@@]12COC[C@@H]1CN(Cc1cccnc1)C2. The number of amides is 1. The van der Waals surface area contributed by atoms with Gasteiger partial charge in [0.05, 0.1) is 31.8 Å². The largest absolute Gasteiger partial charge is 0.380 e. The summed E-state index contributed by atoms with van der Waals surface area (Å²) in [6.45, 7) is 5.01. The van der Waals surface area contributed by atoms with Gasteiger partial charge >= 0.3 is 0 Å². The van der Waals surface area contributed by atoms with Gasteiger partial charge in [-0.05, 0) is 18.1 Å². The predicted octanol–water partition coefficient (Wildman–Crippen LogP) is 0.694. The zero-order chi connectivity index (χ0) is 15.0. The quantitative estimate of drug-likeness (QED) is 0.822. The third-order valence-corrected chi connectivity index (χ3v) is 4.98. The van der Waals surface area contributed by atoms with E-state index in [2.05, 4.69) is 16.0 Å². The third kappa shape index (κ3) is 2.31.